The molecule has 1 atom stereocenters. The number of hydrogen-bond acceptors (Lipinski definition) is 1. The third-order valence-electron chi connectivity index (χ3n) is 3.63. The Morgan fingerprint density at radius 1 is 1.11 bits per heavy atom. The van der Waals surface area contributed by atoms with Crippen LogP contribution in [0.15, 0.2) is 48.0 Å². The Morgan fingerprint density at radius 2 is 1.89 bits per heavy atom. The number of fused-ring (bicyclic) bond motifs is 1. The molecule has 94 valence electrons. The summed E-state index contributed by atoms with van der Waals surface area (Å²) >= 11 is 5.97. The second-order valence-electron chi connectivity index (χ2n) is 4.84. The highest BCUT2D eigenvalue weighted by Crippen LogP contribution is 2.41. The van der Waals surface area contributed by atoms with Gasteiger partial charge in [-0.15, -0.1) is 0 Å². The summed E-state index contributed by atoms with van der Waals surface area (Å²) in [5.41, 5.74) is 5.44. The minimum atomic E-state index is 0.161. The van der Waals surface area contributed by atoms with Crippen molar-refractivity contribution in [2.24, 2.45) is 0 Å². The van der Waals surface area contributed by atoms with Crippen molar-refractivity contribution in [2.75, 3.05) is 0 Å². The standard InChI is InChI=1S/C17H13ClO/c1-11-8-12-4-2-3-5-15(12)17(11)16-7-6-14(18)9-13(16)10-19/h2-10,17H,1H3. The van der Waals surface area contributed by atoms with Crippen LogP contribution in [-0.2, 0) is 0 Å². The van der Waals surface area contributed by atoms with Crippen LogP contribution in [-0.4, -0.2) is 6.29 Å². The van der Waals surface area contributed by atoms with E-state index in [0.29, 0.717) is 10.6 Å². The van der Waals surface area contributed by atoms with E-state index < -0.39 is 0 Å². The molecular weight excluding hydrogens is 256 g/mol. The molecule has 0 amide bonds. The van der Waals surface area contributed by atoms with Gasteiger partial charge in [0, 0.05) is 16.5 Å². The molecule has 0 N–H and O–H groups in total. The highest BCUT2D eigenvalue weighted by Gasteiger charge is 2.25. The third kappa shape index (κ3) is 2.00. The first kappa shape index (κ1) is 12.2. The van der Waals surface area contributed by atoms with Crippen molar-refractivity contribution in [1.82, 2.24) is 0 Å². The molecule has 0 saturated heterocycles. The van der Waals surface area contributed by atoms with Gasteiger partial charge in [0.15, 0.2) is 0 Å². The maximum absolute atomic E-state index is 11.3. The molecule has 1 aliphatic rings. The predicted molar refractivity (Wildman–Crippen MR) is 78.8 cm³/mol. The number of halogens is 1. The summed E-state index contributed by atoms with van der Waals surface area (Å²) in [6.07, 6.45) is 3.07. The van der Waals surface area contributed by atoms with Gasteiger partial charge in [0.25, 0.3) is 0 Å². The molecule has 0 saturated carbocycles. The predicted octanol–water partition coefficient (Wildman–Crippen LogP) is 4.70. The van der Waals surface area contributed by atoms with Crippen molar-refractivity contribution < 1.29 is 4.79 Å². The zero-order chi connectivity index (χ0) is 13.4. The van der Waals surface area contributed by atoms with Crippen molar-refractivity contribution in [3.63, 3.8) is 0 Å². The van der Waals surface area contributed by atoms with Gasteiger partial charge in [0.2, 0.25) is 0 Å². The molecule has 0 fully saturated rings. The van der Waals surface area contributed by atoms with Gasteiger partial charge in [0.05, 0.1) is 0 Å². The molecule has 2 aromatic rings. The summed E-state index contributed by atoms with van der Waals surface area (Å²) in [5, 5.41) is 0.596. The summed E-state index contributed by atoms with van der Waals surface area (Å²) in [7, 11) is 0. The molecule has 2 aromatic carbocycles. The van der Waals surface area contributed by atoms with E-state index in [1.807, 2.05) is 24.3 Å². The second-order valence-corrected chi connectivity index (χ2v) is 5.28. The lowest BCUT2D eigenvalue weighted by Gasteiger charge is -2.17. The summed E-state index contributed by atoms with van der Waals surface area (Å²) < 4.78 is 0. The van der Waals surface area contributed by atoms with Crippen LogP contribution in [0.3, 0.4) is 0 Å². The Hall–Kier alpha value is -1.86. The van der Waals surface area contributed by atoms with Crippen LogP contribution in [0.25, 0.3) is 6.08 Å². The van der Waals surface area contributed by atoms with Crippen LogP contribution < -0.4 is 0 Å². The Morgan fingerprint density at radius 3 is 2.68 bits per heavy atom. The topological polar surface area (TPSA) is 17.1 Å². The van der Waals surface area contributed by atoms with Crippen LogP contribution in [0.5, 0.6) is 0 Å². The first-order valence-corrected chi connectivity index (χ1v) is 6.60. The lowest BCUT2D eigenvalue weighted by Crippen LogP contribution is -2.03. The number of rotatable bonds is 2. The average molecular weight is 269 g/mol. The number of hydrogen-bond donors (Lipinski definition) is 0. The van der Waals surface area contributed by atoms with Crippen molar-refractivity contribution in [2.45, 2.75) is 12.8 Å². The Bertz CT molecular complexity index is 685. The minimum absolute atomic E-state index is 0.161. The molecule has 0 aliphatic heterocycles. The van der Waals surface area contributed by atoms with Crippen molar-refractivity contribution >= 4 is 24.0 Å². The molecular formula is C17H13ClO. The molecule has 2 heteroatoms. The second kappa shape index (κ2) is 4.67. The van der Waals surface area contributed by atoms with Gasteiger partial charge in [-0.2, -0.15) is 0 Å². The Labute approximate surface area is 117 Å². The minimum Gasteiger partial charge on any atom is -0.298 e. The van der Waals surface area contributed by atoms with Gasteiger partial charge in [-0.25, -0.2) is 0 Å². The summed E-state index contributed by atoms with van der Waals surface area (Å²) in [6.45, 7) is 2.11. The van der Waals surface area contributed by atoms with Crippen LogP contribution in [0.4, 0.5) is 0 Å². The fourth-order valence-electron chi connectivity index (χ4n) is 2.80. The zero-order valence-electron chi connectivity index (χ0n) is 10.6. The first-order valence-electron chi connectivity index (χ1n) is 6.22. The monoisotopic (exact) mass is 268 g/mol. The van der Waals surface area contributed by atoms with Gasteiger partial charge in [-0.3, -0.25) is 4.79 Å². The van der Waals surface area contributed by atoms with Crippen molar-refractivity contribution in [3.05, 3.63) is 75.3 Å². The van der Waals surface area contributed by atoms with Gasteiger partial charge in [0.1, 0.15) is 6.29 Å². The maximum atomic E-state index is 11.3. The van der Waals surface area contributed by atoms with Gasteiger partial charge >= 0.3 is 0 Å². The van der Waals surface area contributed by atoms with Crippen LogP contribution in [0.2, 0.25) is 5.02 Å². The van der Waals surface area contributed by atoms with Gasteiger partial charge in [-0.05, 0) is 35.7 Å². The van der Waals surface area contributed by atoms with Crippen LogP contribution in [0.1, 0.15) is 39.9 Å². The molecule has 1 nitrogen and oxygen atoms in total. The molecule has 3 rings (SSSR count). The smallest absolute Gasteiger partial charge is 0.150 e. The molecule has 0 bridgehead atoms. The summed E-state index contributed by atoms with van der Waals surface area (Å²) in [5.74, 6) is 0.161. The molecule has 1 aliphatic carbocycles. The average Bonchev–Trinajstić information content (AvgIpc) is 2.74. The summed E-state index contributed by atoms with van der Waals surface area (Å²) in [6, 6.07) is 13.8. The summed E-state index contributed by atoms with van der Waals surface area (Å²) in [4.78, 5) is 11.3. The molecule has 0 heterocycles. The fourth-order valence-corrected chi connectivity index (χ4v) is 2.98. The normalized spacial score (nSPS) is 16.9. The van der Waals surface area contributed by atoms with E-state index in [4.69, 9.17) is 11.6 Å². The van der Waals surface area contributed by atoms with E-state index in [1.165, 1.54) is 16.7 Å². The van der Waals surface area contributed by atoms with Crippen LogP contribution >= 0.6 is 11.6 Å². The van der Waals surface area contributed by atoms with E-state index in [0.717, 1.165) is 11.8 Å². The van der Waals surface area contributed by atoms with E-state index in [-0.39, 0.29) is 5.92 Å². The third-order valence-corrected chi connectivity index (χ3v) is 3.87. The largest absolute Gasteiger partial charge is 0.298 e. The van der Waals surface area contributed by atoms with Crippen molar-refractivity contribution in [1.29, 1.82) is 0 Å². The quantitative estimate of drug-likeness (QED) is 0.722. The molecule has 0 aromatic heterocycles. The van der Waals surface area contributed by atoms with Crippen LogP contribution in [0, 0.1) is 0 Å². The lowest BCUT2D eigenvalue weighted by molar-refractivity contribution is 0.112. The maximum Gasteiger partial charge on any atom is 0.150 e. The van der Waals surface area contributed by atoms with Gasteiger partial charge < -0.3 is 0 Å². The number of aldehydes is 1. The Balaban J connectivity index is 2.18. The SMILES string of the molecule is CC1=Cc2ccccc2C1c1ccc(Cl)cc1C=O. The highest BCUT2D eigenvalue weighted by molar-refractivity contribution is 6.30. The Kier molecular flexibility index (Phi) is 3.00. The van der Waals surface area contributed by atoms with E-state index in [1.54, 1.807) is 6.07 Å². The number of benzene rings is 2. The van der Waals surface area contributed by atoms with Crippen molar-refractivity contribution in [3.8, 4) is 0 Å². The first-order chi connectivity index (χ1) is 9.20. The highest BCUT2D eigenvalue weighted by atomic mass is 35.5. The van der Waals surface area contributed by atoms with Gasteiger partial charge in [-0.1, -0.05) is 53.6 Å². The number of carbonyl (C=O) groups excluding carboxylic acids is 1. The fraction of sp³-hybridized carbons (Fsp3) is 0.118. The molecule has 19 heavy (non-hydrogen) atoms. The van der Waals surface area contributed by atoms with E-state index >= 15 is 0 Å². The number of allylic oxidation sites excluding steroid dienone is 1. The molecule has 0 spiro atoms. The molecule has 0 radical (unpaired) electrons. The van der Waals surface area contributed by atoms with E-state index in [2.05, 4.69) is 25.1 Å². The van der Waals surface area contributed by atoms with E-state index in [9.17, 15) is 4.79 Å². The molecule has 1 unspecified atom stereocenters. The lowest BCUT2D eigenvalue weighted by atomic mass is 9.86. The number of carbonyl (C=O) groups is 1. The zero-order valence-corrected chi connectivity index (χ0v) is 11.3.